The summed E-state index contributed by atoms with van der Waals surface area (Å²) in [5, 5.41) is 0. The van der Waals surface area contributed by atoms with Crippen LogP contribution in [0.2, 0.25) is 0 Å². The molecule has 0 saturated heterocycles. The molecule has 0 radical (unpaired) electrons. The Hall–Kier alpha value is -0.860. The molecule has 0 aromatic carbocycles. The maximum Gasteiger partial charge on any atom is 0.309 e. The number of carbonyl (C=O) groups excluding carboxylic acids is 2. The fourth-order valence-electron chi connectivity index (χ4n) is 0.712. The lowest BCUT2D eigenvalue weighted by Gasteiger charge is -2.06. The van der Waals surface area contributed by atoms with Gasteiger partial charge in [-0.3, -0.25) is 4.79 Å². The lowest BCUT2D eigenvalue weighted by atomic mass is 10.0. The van der Waals surface area contributed by atoms with E-state index >= 15 is 0 Å². The van der Waals surface area contributed by atoms with Crippen LogP contribution >= 0.6 is 0 Å². The van der Waals surface area contributed by atoms with Gasteiger partial charge in [0.15, 0.2) is 0 Å². The highest BCUT2D eigenvalue weighted by Gasteiger charge is 2.15. The summed E-state index contributed by atoms with van der Waals surface area (Å²) in [5.74, 6) is -0.544. The lowest BCUT2D eigenvalue weighted by molar-refractivity contribution is -0.146. The Morgan fingerprint density at radius 2 is 2.30 bits per heavy atom. The Labute approximate surface area is 60.4 Å². The van der Waals surface area contributed by atoms with Gasteiger partial charge in [0.1, 0.15) is 6.29 Å². The number of methoxy groups -OCH3 is 1. The molecule has 10 heavy (non-hydrogen) atoms. The maximum atomic E-state index is 10.8. The van der Waals surface area contributed by atoms with Gasteiger partial charge in [-0.1, -0.05) is 6.92 Å². The third-order valence-electron chi connectivity index (χ3n) is 1.41. The van der Waals surface area contributed by atoms with Gasteiger partial charge in [-0.05, 0) is 6.42 Å². The molecule has 0 bridgehead atoms. The van der Waals surface area contributed by atoms with E-state index in [1.165, 1.54) is 7.11 Å². The highest BCUT2D eigenvalue weighted by atomic mass is 16.5. The van der Waals surface area contributed by atoms with Gasteiger partial charge in [0.05, 0.1) is 13.0 Å². The summed E-state index contributed by atoms with van der Waals surface area (Å²) in [6, 6.07) is 0. The van der Waals surface area contributed by atoms with Gasteiger partial charge in [0.25, 0.3) is 0 Å². The average molecular weight is 144 g/mol. The molecule has 0 heterocycles. The summed E-state index contributed by atoms with van der Waals surface area (Å²) >= 11 is 0. The number of aldehydes is 1. The normalized spacial score (nSPS) is 12.2. The van der Waals surface area contributed by atoms with Crippen molar-refractivity contribution in [3.8, 4) is 0 Å². The predicted molar refractivity (Wildman–Crippen MR) is 36.5 cm³/mol. The van der Waals surface area contributed by atoms with Crippen LogP contribution in [-0.4, -0.2) is 19.4 Å². The third kappa shape index (κ3) is 2.62. The van der Waals surface area contributed by atoms with Crippen molar-refractivity contribution in [2.75, 3.05) is 7.11 Å². The molecular formula is C7H12O3. The van der Waals surface area contributed by atoms with Crippen LogP contribution in [0.4, 0.5) is 0 Å². The van der Waals surface area contributed by atoms with Crippen LogP contribution in [0.3, 0.4) is 0 Å². The van der Waals surface area contributed by atoms with E-state index in [1.807, 2.05) is 6.92 Å². The van der Waals surface area contributed by atoms with E-state index < -0.39 is 0 Å². The van der Waals surface area contributed by atoms with E-state index in [-0.39, 0.29) is 18.3 Å². The number of carbonyl (C=O) groups is 2. The summed E-state index contributed by atoms with van der Waals surface area (Å²) in [6.07, 6.45) is 1.67. The van der Waals surface area contributed by atoms with Crippen LogP contribution in [0.25, 0.3) is 0 Å². The smallest absolute Gasteiger partial charge is 0.309 e. The molecule has 3 heteroatoms. The molecule has 1 atom stereocenters. The number of rotatable bonds is 4. The Morgan fingerprint density at radius 3 is 2.60 bits per heavy atom. The van der Waals surface area contributed by atoms with Gasteiger partial charge in [-0.15, -0.1) is 0 Å². The second-order valence-corrected chi connectivity index (χ2v) is 2.03. The maximum absolute atomic E-state index is 10.8. The zero-order valence-corrected chi connectivity index (χ0v) is 6.29. The van der Waals surface area contributed by atoms with Crippen molar-refractivity contribution in [2.45, 2.75) is 19.8 Å². The molecule has 0 aliphatic heterocycles. The molecule has 0 amide bonds. The first-order valence-corrected chi connectivity index (χ1v) is 3.27. The summed E-state index contributed by atoms with van der Waals surface area (Å²) in [7, 11) is 1.33. The molecule has 0 saturated carbocycles. The highest BCUT2D eigenvalue weighted by Crippen LogP contribution is 2.07. The minimum atomic E-state index is -0.297. The van der Waals surface area contributed by atoms with Gasteiger partial charge in [-0.25, -0.2) is 0 Å². The molecule has 0 aromatic rings. The van der Waals surface area contributed by atoms with Gasteiger partial charge >= 0.3 is 5.97 Å². The number of ether oxygens (including phenoxy) is 1. The van der Waals surface area contributed by atoms with Gasteiger partial charge in [0.2, 0.25) is 0 Å². The Morgan fingerprint density at radius 1 is 1.70 bits per heavy atom. The third-order valence-corrected chi connectivity index (χ3v) is 1.41. The minimum Gasteiger partial charge on any atom is -0.469 e. The zero-order chi connectivity index (χ0) is 7.98. The second-order valence-electron chi connectivity index (χ2n) is 2.03. The summed E-state index contributed by atoms with van der Waals surface area (Å²) in [6.45, 7) is 1.85. The lowest BCUT2D eigenvalue weighted by Crippen LogP contribution is -2.15. The van der Waals surface area contributed by atoms with E-state index in [0.717, 1.165) is 6.29 Å². The largest absolute Gasteiger partial charge is 0.469 e. The first-order valence-electron chi connectivity index (χ1n) is 3.27. The number of hydrogen-bond acceptors (Lipinski definition) is 3. The Balaban J connectivity index is 3.79. The Kier molecular flexibility index (Phi) is 4.54. The molecule has 3 nitrogen and oxygen atoms in total. The standard InChI is InChI=1S/C7H12O3/c1-3-6(4-5-8)7(9)10-2/h5-6H,3-4H2,1-2H3. The molecule has 58 valence electrons. The van der Waals surface area contributed by atoms with Crippen molar-refractivity contribution >= 4 is 12.3 Å². The molecule has 0 rings (SSSR count). The molecule has 1 unspecified atom stereocenters. The molecule has 0 spiro atoms. The van der Waals surface area contributed by atoms with Crippen LogP contribution in [0.5, 0.6) is 0 Å². The number of esters is 1. The van der Waals surface area contributed by atoms with Gasteiger partial charge in [0, 0.05) is 6.42 Å². The van der Waals surface area contributed by atoms with Crippen LogP contribution < -0.4 is 0 Å². The van der Waals surface area contributed by atoms with E-state index in [9.17, 15) is 9.59 Å². The van der Waals surface area contributed by atoms with Gasteiger partial charge < -0.3 is 9.53 Å². The average Bonchev–Trinajstić information content (AvgIpc) is 1.99. The summed E-state index contributed by atoms with van der Waals surface area (Å²) < 4.78 is 4.46. The predicted octanol–water partition coefficient (Wildman–Crippen LogP) is 0.775. The van der Waals surface area contributed by atoms with Crippen LogP contribution in [-0.2, 0) is 14.3 Å². The molecule has 0 aliphatic rings. The van der Waals surface area contributed by atoms with Crippen LogP contribution in [0.15, 0.2) is 0 Å². The number of hydrogen-bond donors (Lipinski definition) is 0. The van der Waals surface area contributed by atoms with Crippen LogP contribution in [0.1, 0.15) is 19.8 Å². The summed E-state index contributed by atoms with van der Waals surface area (Å²) in [4.78, 5) is 20.7. The second kappa shape index (κ2) is 4.97. The molecule has 0 fully saturated rings. The molecule has 0 N–H and O–H groups in total. The highest BCUT2D eigenvalue weighted by molar-refractivity contribution is 5.75. The fraction of sp³-hybridized carbons (Fsp3) is 0.714. The summed E-state index contributed by atoms with van der Waals surface area (Å²) in [5.41, 5.74) is 0. The van der Waals surface area contributed by atoms with Gasteiger partial charge in [-0.2, -0.15) is 0 Å². The molecular weight excluding hydrogens is 132 g/mol. The van der Waals surface area contributed by atoms with E-state index in [4.69, 9.17) is 0 Å². The first kappa shape index (κ1) is 9.14. The van der Waals surface area contributed by atoms with Crippen LogP contribution in [0, 0.1) is 5.92 Å². The topological polar surface area (TPSA) is 43.4 Å². The van der Waals surface area contributed by atoms with E-state index in [0.29, 0.717) is 6.42 Å². The monoisotopic (exact) mass is 144 g/mol. The zero-order valence-electron chi connectivity index (χ0n) is 6.29. The van der Waals surface area contributed by atoms with Crippen molar-refractivity contribution in [3.05, 3.63) is 0 Å². The Bertz CT molecular complexity index is 120. The van der Waals surface area contributed by atoms with Crippen molar-refractivity contribution in [3.63, 3.8) is 0 Å². The van der Waals surface area contributed by atoms with Crippen molar-refractivity contribution in [2.24, 2.45) is 5.92 Å². The minimum absolute atomic E-state index is 0.248. The molecule has 0 aromatic heterocycles. The van der Waals surface area contributed by atoms with Crippen molar-refractivity contribution < 1.29 is 14.3 Å². The quantitative estimate of drug-likeness (QED) is 0.432. The van der Waals surface area contributed by atoms with Crippen molar-refractivity contribution in [1.82, 2.24) is 0 Å². The SMILES string of the molecule is CCC(CC=O)C(=O)OC. The van der Waals surface area contributed by atoms with E-state index in [2.05, 4.69) is 4.74 Å². The van der Waals surface area contributed by atoms with Crippen molar-refractivity contribution in [1.29, 1.82) is 0 Å². The molecule has 0 aliphatic carbocycles. The first-order chi connectivity index (χ1) is 4.76. The fourth-order valence-corrected chi connectivity index (χ4v) is 0.712. The van der Waals surface area contributed by atoms with E-state index in [1.54, 1.807) is 0 Å².